The molecule has 16 heavy (non-hydrogen) atoms. The Labute approximate surface area is 101 Å². The van der Waals surface area contributed by atoms with Gasteiger partial charge in [0, 0.05) is 24.6 Å². The highest BCUT2D eigenvalue weighted by Gasteiger charge is 1.99. The van der Waals surface area contributed by atoms with Gasteiger partial charge in [0.15, 0.2) is 0 Å². The van der Waals surface area contributed by atoms with E-state index in [1.54, 1.807) is 18.3 Å². The second-order valence-electron chi connectivity index (χ2n) is 3.32. The van der Waals surface area contributed by atoms with Gasteiger partial charge < -0.3 is 5.32 Å². The number of benzene rings is 1. The van der Waals surface area contributed by atoms with Crippen molar-refractivity contribution in [3.63, 3.8) is 0 Å². The SMILES string of the molecule is Fc1ccc(NCCn2cccn2)cc1Br. The summed E-state index contributed by atoms with van der Waals surface area (Å²) in [5.74, 6) is -0.252. The smallest absolute Gasteiger partial charge is 0.137 e. The lowest BCUT2D eigenvalue weighted by Crippen LogP contribution is -2.10. The van der Waals surface area contributed by atoms with Gasteiger partial charge >= 0.3 is 0 Å². The average Bonchev–Trinajstić information content (AvgIpc) is 2.76. The van der Waals surface area contributed by atoms with Crippen LogP contribution in [0, 0.1) is 5.82 Å². The quantitative estimate of drug-likeness (QED) is 0.935. The molecule has 0 amide bonds. The molecule has 5 heteroatoms. The number of nitrogens with one attached hydrogen (secondary N) is 1. The number of anilines is 1. The highest BCUT2D eigenvalue weighted by molar-refractivity contribution is 9.10. The van der Waals surface area contributed by atoms with Crippen molar-refractivity contribution in [2.24, 2.45) is 0 Å². The van der Waals surface area contributed by atoms with E-state index in [-0.39, 0.29) is 5.82 Å². The third-order valence-electron chi connectivity index (χ3n) is 2.15. The molecule has 0 atom stereocenters. The molecule has 0 unspecified atom stereocenters. The average molecular weight is 284 g/mol. The summed E-state index contributed by atoms with van der Waals surface area (Å²) in [5, 5.41) is 7.28. The molecular formula is C11H11BrFN3. The first-order chi connectivity index (χ1) is 7.75. The molecule has 0 saturated carbocycles. The van der Waals surface area contributed by atoms with Gasteiger partial charge in [-0.1, -0.05) is 0 Å². The minimum Gasteiger partial charge on any atom is -0.383 e. The van der Waals surface area contributed by atoms with Crippen molar-refractivity contribution >= 4 is 21.6 Å². The normalized spacial score (nSPS) is 10.4. The Morgan fingerprint density at radius 1 is 1.44 bits per heavy atom. The van der Waals surface area contributed by atoms with Gasteiger partial charge in [0.2, 0.25) is 0 Å². The van der Waals surface area contributed by atoms with Crippen LogP contribution in [0.3, 0.4) is 0 Å². The van der Waals surface area contributed by atoms with Gasteiger partial charge in [0.1, 0.15) is 5.82 Å². The van der Waals surface area contributed by atoms with E-state index in [9.17, 15) is 4.39 Å². The summed E-state index contributed by atoms with van der Waals surface area (Å²) in [6.45, 7) is 1.53. The zero-order chi connectivity index (χ0) is 11.4. The molecule has 3 nitrogen and oxygen atoms in total. The Morgan fingerprint density at radius 2 is 2.31 bits per heavy atom. The van der Waals surface area contributed by atoms with Crippen LogP contribution in [0.2, 0.25) is 0 Å². The van der Waals surface area contributed by atoms with Crippen molar-refractivity contribution in [3.8, 4) is 0 Å². The van der Waals surface area contributed by atoms with Crippen molar-refractivity contribution in [2.45, 2.75) is 6.54 Å². The first kappa shape index (κ1) is 11.1. The monoisotopic (exact) mass is 283 g/mol. The maximum absolute atomic E-state index is 13.0. The van der Waals surface area contributed by atoms with Crippen LogP contribution >= 0.6 is 15.9 Å². The van der Waals surface area contributed by atoms with E-state index in [2.05, 4.69) is 26.3 Å². The second-order valence-corrected chi connectivity index (χ2v) is 4.18. The number of rotatable bonds is 4. The van der Waals surface area contributed by atoms with Gasteiger partial charge in [0.25, 0.3) is 0 Å². The second kappa shape index (κ2) is 5.12. The lowest BCUT2D eigenvalue weighted by atomic mass is 10.3. The molecule has 0 aliphatic rings. The number of halogens is 2. The Hall–Kier alpha value is -1.36. The Morgan fingerprint density at radius 3 is 3.00 bits per heavy atom. The highest BCUT2D eigenvalue weighted by Crippen LogP contribution is 2.19. The molecule has 0 bridgehead atoms. The minimum atomic E-state index is -0.252. The molecule has 2 rings (SSSR count). The van der Waals surface area contributed by atoms with Crippen molar-refractivity contribution in [1.29, 1.82) is 0 Å². The minimum absolute atomic E-state index is 0.252. The Kier molecular flexibility index (Phi) is 3.56. The van der Waals surface area contributed by atoms with E-state index in [0.717, 1.165) is 18.8 Å². The van der Waals surface area contributed by atoms with Crippen molar-refractivity contribution in [1.82, 2.24) is 9.78 Å². The molecule has 0 radical (unpaired) electrons. The van der Waals surface area contributed by atoms with E-state index in [1.165, 1.54) is 6.07 Å². The van der Waals surface area contributed by atoms with Crippen molar-refractivity contribution < 1.29 is 4.39 Å². The first-order valence-corrected chi connectivity index (χ1v) is 5.71. The molecule has 84 valence electrons. The van der Waals surface area contributed by atoms with Crippen LogP contribution in [0.25, 0.3) is 0 Å². The molecule has 1 N–H and O–H groups in total. The van der Waals surface area contributed by atoms with Gasteiger partial charge in [-0.2, -0.15) is 5.10 Å². The number of aromatic nitrogens is 2. The van der Waals surface area contributed by atoms with E-state index in [4.69, 9.17) is 0 Å². The summed E-state index contributed by atoms with van der Waals surface area (Å²) in [4.78, 5) is 0. The molecular weight excluding hydrogens is 273 g/mol. The molecule has 1 aromatic heterocycles. The van der Waals surface area contributed by atoms with Gasteiger partial charge in [0.05, 0.1) is 11.0 Å². The molecule has 0 aliphatic carbocycles. The summed E-state index contributed by atoms with van der Waals surface area (Å²) in [7, 11) is 0. The number of hydrogen-bond donors (Lipinski definition) is 1. The van der Waals surface area contributed by atoms with E-state index in [1.807, 2.05) is 16.9 Å². The predicted molar refractivity (Wildman–Crippen MR) is 64.8 cm³/mol. The third-order valence-corrected chi connectivity index (χ3v) is 2.76. The van der Waals surface area contributed by atoms with Gasteiger partial charge in [-0.05, 0) is 40.2 Å². The maximum Gasteiger partial charge on any atom is 0.137 e. The first-order valence-electron chi connectivity index (χ1n) is 4.92. The van der Waals surface area contributed by atoms with E-state index in [0.29, 0.717) is 4.47 Å². The fraction of sp³-hybridized carbons (Fsp3) is 0.182. The van der Waals surface area contributed by atoms with Crippen LogP contribution in [0.5, 0.6) is 0 Å². The third kappa shape index (κ3) is 2.82. The van der Waals surface area contributed by atoms with Crippen LogP contribution in [-0.2, 0) is 6.54 Å². The van der Waals surface area contributed by atoms with Crippen LogP contribution in [0.4, 0.5) is 10.1 Å². The van der Waals surface area contributed by atoms with Gasteiger partial charge in [-0.25, -0.2) is 4.39 Å². The fourth-order valence-corrected chi connectivity index (χ4v) is 1.73. The molecule has 2 aromatic rings. The Balaban J connectivity index is 1.87. The largest absolute Gasteiger partial charge is 0.383 e. The topological polar surface area (TPSA) is 29.9 Å². The predicted octanol–water partition coefficient (Wildman–Crippen LogP) is 2.90. The lowest BCUT2D eigenvalue weighted by Gasteiger charge is -2.07. The van der Waals surface area contributed by atoms with Crippen molar-refractivity contribution in [3.05, 3.63) is 46.9 Å². The molecule has 0 spiro atoms. The summed E-state index contributed by atoms with van der Waals surface area (Å²) in [5.41, 5.74) is 0.889. The zero-order valence-electron chi connectivity index (χ0n) is 8.53. The fourth-order valence-electron chi connectivity index (χ4n) is 1.35. The highest BCUT2D eigenvalue weighted by atomic mass is 79.9. The maximum atomic E-state index is 13.0. The standard InChI is InChI=1S/C11H11BrFN3/c12-10-8-9(2-3-11(10)13)14-5-7-16-6-1-4-15-16/h1-4,6,8,14H,5,7H2. The van der Waals surface area contributed by atoms with Crippen molar-refractivity contribution in [2.75, 3.05) is 11.9 Å². The van der Waals surface area contributed by atoms with Crippen LogP contribution in [-0.4, -0.2) is 16.3 Å². The molecule has 0 aliphatic heterocycles. The van der Waals surface area contributed by atoms with Gasteiger partial charge in [-0.15, -0.1) is 0 Å². The molecule has 0 fully saturated rings. The summed E-state index contributed by atoms with van der Waals surface area (Å²) in [6, 6.07) is 6.75. The summed E-state index contributed by atoms with van der Waals surface area (Å²) >= 11 is 3.14. The number of nitrogens with zero attached hydrogens (tertiary/aromatic N) is 2. The van der Waals surface area contributed by atoms with Crippen LogP contribution in [0.15, 0.2) is 41.1 Å². The molecule has 1 heterocycles. The summed E-state index contributed by atoms with van der Waals surface area (Å²) < 4.78 is 15.3. The molecule has 1 aromatic carbocycles. The van der Waals surface area contributed by atoms with E-state index >= 15 is 0 Å². The number of hydrogen-bond acceptors (Lipinski definition) is 2. The molecule has 0 saturated heterocycles. The Bertz CT molecular complexity index is 456. The van der Waals surface area contributed by atoms with Crippen LogP contribution in [0.1, 0.15) is 0 Å². The summed E-state index contributed by atoms with van der Waals surface area (Å²) in [6.07, 6.45) is 3.65. The van der Waals surface area contributed by atoms with Gasteiger partial charge in [-0.3, -0.25) is 4.68 Å². The zero-order valence-corrected chi connectivity index (χ0v) is 10.1. The van der Waals surface area contributed by atoms with Crippen LogP contribution < -0.4 is 5.32 Å². The lowest BCUT2D eigenvalue weighted by molar-refractivity contribution is 0.620. The van der Waals surface area contributed by atoms with E-state index < -0.39 is 0 Å².